The summed E-state index contributed by atoms with van der Waals surface area (Å²) in [5.41, 5.74) is 6.74. The van der Waals surface area contributed by atoms with E-state index >= 15 is 0 Å². The standard InChI is InChI=1S/C10H17NOS/c1-8-7-10(9(2)13-8)3-5-12-6-4-11/h7H,3-6,11H2,1-2H3. The summed E-state index contributed by atoms with van der Waals surface area (Å²) < 4.78 is 5.33. The highest BCUT2D eigenvalue weighted by Crippen LogP contribution is 2.20. The zero-order valence-corrected chi connectivity index (χ0v) is 9.12. The molecule has 0 bridgehead atoms. The Bertz CT molecular complexity index is 257. The van der Waals surface area contributed by atoms with Crippen LogP contribution in [0, 0.1) is 13.8 Å². The second kappa shape index (κ2) is 5.37. The molecule has 0 spiro atoms. The average molecular weight is 199 g/mol. The van der Waals surface area contributed by atoms with Crippen molar-refractivity contribution in [3.8, 4) is 0 Å². The highest BCUT2D eigenvalue weighted by atomic mass is 32.1. The zero-order chi connectivity index (χ0) is 9.68. The lowest BCUT2D eigenvalue weighted by atomic mass is 10.2. The number of hydrogen-bond donors (Lipinski definition) is 1. The molecular formula is C10H17NOS. The minimum absolute atomic E-state index is 0.613. The fourth-order valence-corrected chi connectivity index (χ4v) is 2.28. The van der Waals surface area contributed by atoms with Gasteiger partial charge in [-0.1, -0.05) is 0 Å². The summed E-state index contributed by atoms with van der Waals surface area (Å²) in [5, 5.41) is 0. The molecule has 3 heteroatoms. The maximum atomic E-state index is 5.33. The zero-order valence-electron chi connectivity index (χ0n) is 8.30. The van der Waals surface area contributed by atoms with Gasteiger partial charge in [-0.15, -0.1) is 11.3 Å². The lowest BCUT2D eigenvalue weighted by Gasteiger charge is -2.01. The van der Waals surface area contributed by atoms with Crippen LogP contribution in [0.2, 0.25) is 0 Å². The smallest absolute Gasteiger partial charge is 0.0588 e. The molecule has 2 nitrogen and oxygen atoms in total. The summed E-state index contributed by atoms with van der Waals surface area (Å²) in [7, 11) is 0. The molecule has 0 amide bonds. The molecule has 13 heavy (non-hydrogen) atoms. The molecule has 74 valence electrons. The van der Waals surface area contributed by atoms with Crippen LogP contribution >= 0.6 is 11.3 Å². The minimum Gasteiger partial charge on any atom is -0.380 e. The molecular weight excluding hydrogens is 182 g/mol. The molecule has 2 N–H and O–H groups in total. The van der Waals surface area contributed by atoms with Gasteiger partial charge in [0.1, 0.15) is 0 Å². The number of nitrogens with two attached hydrogens (primary N) is 1. The Morgan fingerprint density at radius 3 is 2.69 bits per heavy atom. The summed E-state index contributed by atoms with van der Waals surface area (Å²) in [6, 6.07) is 2.24. The normalized spacial score (nSPS) is 10.7. The van der Waals surface area contributed by atoms with Crippen molar-refractivity contribution in [2.24, 2.45) is 5.73 Å². The van der Waals surface area contributed by atoms with E-state index in [1.807, 2.05) is 11.3 Å². The van der Waals surface area contributed by atoms with E-state index in [1.54, 1.807) is 0 Å². The van der Waals surface area contributed by atoms with E-state index in [1.165, 1.54) is 15.3 Å². The molecule has 0 aliphatic carbocycles. The number of hydrogen-bond acceptors (Lipinski definition) is 3. The molecule has 1 aromatic heterocycles. The first-order chi connectivity index (χ1) is 6.24. The molecule has 0 atom stereocenters. The maximum absolute atomic E-state index is 5.33. The molecule has 0 aliphatic rings. The van der Waals surface area contributed by atoms with Gasteiger partial charge >= 0.3 is 0 Å². The van der Waals surface area contributed by atoms with E-state index in [0.717, 1.165) is 13.0 Å². The van der Waals surface area contributed by atoms with Gasteiger partial charge in [-0.25, -0.2) is 0 Å². The van der Waals surface area contributed by atoms with Crippen LogP contribution in [0.4, 0.5) is 0 Å². The van der Waals surface area contributed by atoms with Gasteiger partial charge in [0.15, 0.2) is 0 Å². The maximum Gasteiger partial charge on any atom is 0.0588 e. The second-order valence-corrected chi connectivity index (χ2v) is 4.55. The molecule has 0 saturated carbocycles. The van der Waals surface area contributed by atoms with Gasteiger partial charge in [-0.2, -0.15) is 0 Å². The van der Waals surface area contributed by atoms with E-state index in [2.05, 4.69) is 19.9 Å². The molecule has 1 aromatic rings. The van der Waals surface area contributed by atoms with Crippen molar-refractivity contribution < 1.29 is 4.74 Å². The van der Waals surface area contributed by atoms with Crippen LogP contribution in [0.3, 0.4) is 0 Å². The Kier molecular flexibility index (Phi) is 4.42. The van der Waals surface area contributed by atoms with E-state index in [-0.39, 0.29) is 0 Å². The van der Waals surface area contributed by atoms with Crippen molar-refractivity contribution in [3.63, 3.8) is 0 Å². The SMILES string of the molecule is Cc1cc(CCOCCN)c(C)s1. The highest BCUT2D eigenvalue weighted by Gasteiger charge is 2.01. The highest BCUT2D eigenvalue weighted by molar-refractivity contribution is 7.12. The van der Waals surface area contributed by atoms with Gasteiger partial charge in [-0.05, 0) is 31.9 Å². The third-order valence-electron chi connectivity index (χ3n) is 1.92. The Morgan fingerprint density at radius 1 is 1.38 bits per heavy atom. The lowest BCUT2D eigenvalue weighted by molar-refractivity contribution is 0.144. The van der Waals surface area contributed by atoms with E-state index in [9.17, 15) is 0 Å². The van der Waals surface area contributed by atoms with Crippen LogP contribution in [0.15, 0.2) is 6.07 Å². The van der Waals surface area contributed by atoms with Crippen molar-refractivity contribution in [1.82, 2.24) is 0 Å². The fraction of sp³-hybridized carbons (Fsp3) is 0.600. The van der Waals surface area contributed by atoms with Crippen molar-refractivity contribution in [2.45, 2.75) is 20.3 Å². The Hall–Kier alpha value is -0.380. The van der Waals surface area contributed by atoms with E-state index in [0.29, 0.717) is 13.2 Å². The predicted molar refractivity (Wildman–Crippen MR) is 57.4 cm³/mol. The first-order valence-electron chi connectivity index (χ1n) is 4.57. The monoisotopic (exact) mass is 199 g/mol. The third-order valence-corrected chi connectivity index (χ3v) is 2.93. The van der Waals surface area contributed by atoms with Gasteiger partial charge in [0.2, 0.25) is 0 Å². The van der Waals surface area contributed by atoms with Gasteiger partial charge in [0.25, 0.3) is 0 Å². The largest absolute Gasteiger partial charge is 0.380 e. The summed E-state index contributed by atoms with van der Waals surface area (Å²) in [6.45, 7) is 6.37. The van der Waals surface area contributed by atoms with Crippen molar-refractivity contribution >= 4 is 11.3 Å². The summed E-state index contributed by atoms with van der Waals surface area (Å²) in [6.07, 6.45) is 1.01. The van der Waals surface area contributed by atoms with Crippen LogP contribution in [-0.2, 0) is 11.2 Å². The predicted octanol–water partition coefficient (Wildman–Crippen LogP) is 1.88. The van der Waals surface area contributed by atoms with Gasteiger partial charge < -0.3 is 10.5 Å². The molecule has 0 saturated heterocycles. The molecule has 0 aromatic carbocycles. The van der Waals surface area contributed by atoms with Crippen LogP contribution in [0.1, 0.15) is 15.3 Å². The van der Waals surface area contributed by atoms with Gasteiger partial charge in [0.05, 0.1) is 13.2 Å². The Morgan fingerprint density at radius 2 is 2.15 bits per heavy atom. The number of aryl methyl sites for hydroxylation is 2. The fourth-order valence-electron chi connectivity index (χ4n) is 1.30. The third kappa shape index (κ3) is 3.46. The minimum atomic E-state index is 0.613. The second-order valence-electron chi connectivity index (χ2n) is 3.09. The molecule has 0 fully saturated rings. The van der Waals surface area contributed by atoms with Crippen LogP contribution in [0.25, 0.3) is 0 Å². The Labute approximate surface area is 83.7 Å². The molecule has 0 unspecified atom stereocenters. The molecule has 1 heterocycles. The van der Waals surface area contributed by atoms with Crippen LogP contribution in [0.5, 0.6) is 0 Å². The first-order valence-corrected chi connectivity index (χ1v) is 5.39. The topological polar surface area (TPSA) is 35.2 Å². The van der Waals surface area contributed by atoms with Gasteiger partial charge in [0, 0.05) is 16.3 Å². The quantitative estimate of drug-likeness (QED) is 0.735. The van der Waals surface area contributed by atoms with E-state index in [4.69, 9.17) is 10.5 Å². The van der Waals surface area contributed by atoms with Crippen LogP contribution < -0.4 is 5.73 Å². The van der Waals surface area contributed by atoms with Gasteiger partial charge in [-0.3, -0.25) is 0 Å². The lowest BCUT2D eigenvalue weighted by Crippen LogP contribution is -2.10. The molecule has 0 radical (unpaired) electrons. The average Bonchev–Trinajstić information content (AvgIpc) is 2.39. The summed E-state index contributed by atoms with van der Waals surface area (Å²) in [5.74, 6) is 0. The number of ether oxygens (including phenoxy) is 1. The summed E-state index contributed by atoms with van der Waals surface area (Å²) >= 11 is 1.85. The van der Waals surface area contributed by atoms with Crippen molar-refractivity contribution in [1.29, 1.82) is 0 Å². The van der Waals surface area contributed by atoms with E-state index < -0.39 is 0 Å². The summed E-state index contributed by atoms with van der Waals surface area (Å²) in [4.78, 5) is 2.79. The number of rotatable bonds is 5. The van der Waals surface area contributed by atoms with Crippen molar-refractivity contribution in [3.05, 3.63) is 21.4 Å². The van der Waals surface area contributed by atoms with Crippen LogP contribution in [-0.4, -0.2) is 19.8 Å². The van der Waals surface area contributed by atoms with Crippen molar-refractivity contribution in [2.75, 3.05) is 19.8 Å². The Balaban J connectivity index is 2.32. The first kappa shape index (κ1) is 10.7. The number of thiophene rings is 1. The molecule has 1 rings (SSSR count). The molecule has 0 aliphatic heterocycles.